The van der Waals surface area contributed by atoms with Gasteiger partial charge in [0.2, 0.25) is 0 Å². The zero-order chi connectivity index (χ0) is 15.9. The van der Waals surface area contributed by atoms with Crippen LogP contribution in [0.25, 0.3) is 0 Å². The van der Waals surface area contributed by atoms with Gasteiger partial charge in [-0.05, 0) is 60.1 Å². The van der Waals surface area contributed by atoms with E-state index >= 15 is 0 Å². The van der Waals surface area contributed by atoms with Gasteiger partial charge in [-0.25, -0.2) is 0 Å². The molecule has 0 fully saturated rings. The first-order chi connectivity index (χ1) is 10.6. The summed E-state index contributed by atoms with van der Waals surface area (Å²) in [6.45, 7) is 5.85. The van der Waals surface area contributed by atoms with Crippen LogP contribution in [-0.2, 0) is 6.54 Å². The summed E-state index contributed by atoms with van der Waals surface area (Å²) < 4.78 is 12.1. The van der Waals surface area contributed by atoms with E-state index < -0.39 is 0 Å². The quantitative estimate of drug-likeness (QED) is 0.682. The van der Waals surface area contributed by atoms with Gasteiger partial charge in [-0.15, -0.1) is 0 Å². The van der Waals surface area contributed by atoms with Crippen LogP contribution in [0, 0.1) is 0 Å². The molecule has 0 aromatic heterocycles. The molecule has 0 unspecified atom stereocenters. The second kappa shape index (κ2) is 8.30. The van der Waals surface area contributed by atoms with Gasteiger partial charge in [0.05, 0.1) is 18.2 Å². The molecule has 22 heavy (non-hydrogen) atoms. The van der Waals surface area contributed by atoms with Gasteiger partial charge in [0.15, 0.2) is 0 Å². The fraction of sp³-hybridized carbons (Fsp3) is 0.294. The zero-order valence-electron chi connectivity index (χ0n) is 12.7. The Morgan fingerprint density at radius 3 is 2.50 bits per heavy atom. The highest BCUT2D eigenvalue weighted by Crippen LogP contribution is 2.28. The molecule has 0 aliphatic heterocycles. The standard InChI is InChI=1S/C17H19BrClNO2/c1-3-21-14-7-5-12(17(10-14)22-4-2)11-20-13-6-8-15(18)16(19)9-13/h5-10,20H,3-4,11H2,1-2H3. The summed E-state index contributed by atoms with van der Waals surface area (Å²) >= 11 is 9.49. The minimum Gasteiger partial charge on any atom is -0.494 e. The van der Waals surface area contributed by atoms with Crippen molar-refractivity contribution in [1.82, 2.24) is 0 Å². The van der Waals surface area contributed by atoms with Gasteiger partial charge in [0.1, 0.15) is 11.5 Å². The predicted octanol–water partition coefficient (Wildman–Crippen LogP) is 5.51. The number of rotatable bonds is 7. The van der Waals surface area contributed by atoms with Gasteiger partial charge in [0, 0.05) is 28.3 Å². The van der Waals surface area contributed by atoms with Crippen molar-refractivity contribution in [3.63, 3.8) is 0 Å². The molecule has 0 saturated carbocycles. The van der Waals surface area contributed by atoms with Crippen molar-refractivity contribution >= 4 is 33.2 Å². The van der Waals surface area contributed by atoms with Crippen LogP contribution < -0.4 is 14.8 Å². The van der Waals surface area contributed by atoms with E-state index in [4.69, 9.17) is 21.1 Å². The number of halogens is 2. The van der Waals surface area contributed by atoms with Gasteiger partial charge >= 0.3 is 0 Å². The molecule has 0 saturated heterocycles. The largest absolute Gasteiger partial charge is 0.494 e. The first-order valence-corrected chi connectivity index (χ1v) is 8.38. The molecule has 0 radical (unpaired) electrons. The Labute approximate surface area is 144 Å². The molecule has 2 aromatic rings. The predicted molar refractivity (Wildman–Crippen MR) is 95.3 cm³/mol. The molecule has 3 nitrogen and oxygen atoms in total. The third kappa shape index (κ3) is 4.55. The lowest BCUT2D eigenvalue weighted by molar-refractivity contribution is 0.321. The Morgan fingerprint density at radius 1 is 1.05 bits per heavy atom. The number of ether oxygens (including phenoxy) is 2. The van der Waals surface area contributed by atoms with Gasteiger partial charge < -0.3 is 14.8 Å². The highest BCUT2D eigenvalue weighted by Gasteiger charge is 2.07. The molecule has 118 valence electrons. The molecular formula is C17H19BrClNO2. The second-order valence-electron chi connectivity index (χ2n) is 4.62. The van der Waals surface area contributed by atoms with Crippen LogP contribution in [0.1, 0.15) is 19.4 Å². The van der Waals surface area contributed by atoms with Crippen molar-refractivity contribution in [1.29, 1.82) is 0 Å². The molecule has 0 spiro atoms. The van der Waals surface area contributed by atoms with E-state index in [1.165, 1.54) is 0 Å². The lowest BCUT2D eigenvalue weighted by Crippen LogP contribution is -2.04. The van der Waals surface area contributed by atoms with Crippen molar-refractivity contribution in [2.24, 2.45) is 0 Å². The molecule has 0 aliphatic carbocycles. The van der Waals surface area contributed by atoms with Gasteiger partial charge in [-0.3, -0.25) is 0 Å². The van der Waals surface area contributed by atoms with E-state index in [0.717, 1.165) is 27.2 Å². The van der Waals surface area contributed by atoms with E-state index in [-0.39, 0.29) is 0 Å². The molecule has 1 N–H and O–H groups in total. The molecular weight excluding hydrogens is 366 g/mol. The number of nitrogens with one attached hydrogen (secondary N) is 1. The van der Waals surface area contributed by atoms with Crippen LogP contribution in [0.3, 0.4) is 0 Å². The molecule has 0 aliphatic rings. The van der Waals surface area contributed by atoms with Crippen molar-refractivity contribution in [3.05, 3.63) is 51.5 Å². The lowest BCUT2D eigenvalue weighted by Gasteiger charge is -2.14. The van der Waals surface area contributed by atoms with Gasteiger partial charge in [0.25, 0.3) is 0 Å². The van der Waals surface area contributed by atoms with Crippen molar-refractivity contribution in [2.75, 3.05) is 18.5 Å². The van der Waals surface area contributed by atoms with E-state index in [0.29, 0.717) is 24.8 Å². The Bertz CT molecular complexity index is 634. The highest BCUT2D eigenvalue weighted by molar-refractivity contribution is 9.10. The zero-order valence-corrected chi connectivity index (χ0v) is 15.0. The minimum absolute atomic E-state index is 0.618. The van der Waals surface area contributed by atoms with Crippen molar-refractivity contribution in [3.8, 4) is 11.5 Å². The maximum absolute atomic E-state index is 6.10. The maximum Gasteiger partial charge on any atom is 0.127 e. The van der Waals surface area contributed by atoms with Crippen LogP contribution in [0.5, 0.6) is 11.5 Å². The van der Waals surface area contributed by atoms with E-state index in [1.807, 2.05) is 50.2 Å². The molecule has 2 rings (SSSR count). The average molecular weight is 385 g/mol. The molecule has 0 bridgehead atoms. The lowest BCUT2D eigenvalue weighted by atomic mass is 10.2. The highest BCUT2D eigenvalue weighted by atomic mass is 79.9. The summed E-state index contributed by atoms with van der Waals surface area (Å²) in [7, 11) is 0. The first-order valence-electron chi connectivity index (χ1n) is 7.21. The minimum atomic E-state index is 0.618. The Morgan fingerprint density at radius 2 is 1.82 bits per heavy atom. The molecule has 0 amide bonds. The number of anilines is 1. The van der Waals surface area contributed by atoms with Crippen LogP contribution >= 0.6 is 27.5 Å². The van der Waals surface area contributed by atoms with Crippen LogP contribution in [0.15, 0.2) is 40.9 Å². The fourth-order valence-corrected chi connectivity index (χ4v) is 2.46. The van der Waals surface area contributed by atoms with E-state index in [9.17, 15) is 0 Å². The van der Waals surface area contributed by atoms with E-state index in [2.05, 4.69) is 21.2 Å². The topological polar surface area (TPSA) is 30.5 Å². The molecule has 0 atom stereocenters. The van der Waals surface area contributed by atoms with Crippen LogP contribution in [-0.4, -0.2) is 13.2 Å². The summed E-state index contributed by atoms with van der Waals surface area (Å²) in [5, 5.41) is 4.04. The molecule has 2 aromatic carbocycles. The summed E-state index contributed by atoms with van der Waals surface area (Å²) in [6.07, 6.45) is 0. The van der Waals surface area contributed by atoms with Crippen molar-refractivity contribution < 1.29 is 9.47 Å². The Kier molecular flexibility index (Phi) is 6.40. The van der Waals surface area contributed by atoms with Crippen molar-refractivity contribution in [2.45, 2.75) is 20.4 Å². The third-order valence-electron chi connectivity index (χ3n) is 3.05. The van der Waals surface area contributed by atoms with Crippen LogP contribution in [0.4, 0.5) is 5.69 Å². The smallest absolute Gasteiger partial charge is 0.127 e. The number of hydrogen-bond donors (Lipinski definition) is 1. The number of benzene rings is 2. The summed E-state index contributed by atoms with van der Waals surface area (Å²) in [6, 6.07) is 11.7. The Balaban J connectivity index is 2.12. The summed E-state index contributed by atoms with van der Waals surface area (Å²) in [4.78, 5) is 0. The monoisotopic (exact) mass is 383 g/mol. The summed E-state index contributed by atoms with van der Waals surface area (Å²) in [5.74, 6) is 1.66. The fourth-order valence-electron chi connectivity index (χ4n) is 2.03. The normalized spacial score (nSPS) is 10.4. The second-order valence-corrected chi connectivity index (χ2v) is 5.88. The average Bonchev–Trinajstić information content (AvgIpc) is 2.50. The number of hydrogen-bond acceptors (Lipinski definition) is 3. The Hall–Kier alpha value is -1.39. The molecule has 0 heterocycles. The van der Waals surface area contributed by atoms with Gasteiger partial charge in [-0.1, -0.05) is 11.6 Å². The SMILES string of the molecule is CCOc1ccc(CNc2ccc(Br)c(Cl)c2)c(OCC)c1. The first kappa shape index (κ1) is 17.0. The maximum atomic E-state index is 6.10. The van der Waals surface area contributed by atoms with E-state index in [1.54, 1.807) is 0 Å². The van der Waals surface area contributed by atoms with Gasteiger partial charge in [-0.2, -0.15) is 0 Å². The third-order valence-corrected chi connectivity index (χ3v) is 4.28. The van der Waals surface area contributed by atoms with Crippen LogP contribution in [0.2, 0.25) is 5.02 Å². The summed E-state index contributed by atoms with van der Waals surface area (Å²) in [5.41, 5.74) is 2.04. The molecule has 5 heteroatoms.